The van der Waals surface area contributed by atoms with E-state index in [0.29, 0.717) is 0 Å². The van der Waals surface area contributed by atoms with Gasteiger partial charge in [0.15, 0.2) is 6.23 Å². The lowest BCUT2D eigenvalue weighted by Gasteiger charge is -2.35. The van der Waals surface area contributed by atoms with Gasteiger partial charge < -0.3 is 14.8 Å². The van der Waals surface area contributed by atoms with Crippen LogP contribution in [0.2, 0.25) is 5.02 Å². The van der Waals surface area contributed by atoms with Crippen molar-refractivity contribution in [1.82, 2.24) is 9.88 Å². The van der Waals surface area contributed by atoms with Crippen LogP contribution in [0.3, 0.4) is 0 Å². The predicted octanol–water partition coefficient (Wildman–Crippen LogP) is 5.91. The van der Waals surface area contributed by atoms with Crippen LogP contribution in [0, 0.1) is 0 Å². The summed E-state index contributed by atoms with van der Waals surface area (Å²) in [4.78, 5) is 6.70. The highest BCUT2D eigenvalue weighted by Crippen LogP contribution is 2.35. The number of ether oxygens (including phenoxy) is 1. The zero-order chi connectivity index (χ0) is 20.7. The number of thiophene rings is 1. The summed E-state index contributed by atoms with van der Waals surface area (Å²) in [6.07, 6.45) is 4.07. The number of aliphatic hydroxyl groups excluding tert-OH is 1. The van der Waals surface area contributed by atoms with Crippen LogP contribution in [0.1, 0.15) is 18.2 Å². The molecule has 0 amide bonds. The molecule has 0 saturated heterocycles. The van der Waals surface area contributed by atoms with E-state index in [1.165, 1.54) is 20.5 Å². The van der Waals surface area contributed by atoms with Crippen molar-refractivity contribution in [1.29, 1.82) is 0 Å². The van der Waals surface area contributed by atoms with E-state index in [4.69, 9.17) is 16.3 Å². The second-order valence-corrected chi connectivity index (χ2v) is 9.23. The Morgan fingerprint density at radius 1 is 1.20 bits per heavy atom. The maximum absolute atomic E-state index is 10.4. The van der Waals surface area contributed by atoms with Gasteiger partial charge in [0.1, 0.15) is 11.9 Å². The Hall–Kier alpha value is -2.31. The third-order valence-electron chi connectivity index (χ3n) is 5.61. The molecule has 0 spiro atoms. The molecule has 2 aromatic carbocycles. The van der Waals surface area contributed by atoms with E-state index in [0.717, 1.165) is 41.2 Å². The van der Waals surface area contributed by atoms with Gasteiger partial charge in [0.2, 0.25) is 0 Å². The van der Waals surface area contributed by atoms with Crippen LogP contribution in [0.25, 0.3) is 26.6 Å². The molecule has 0 bridgehead atoms. The number of rotatable bonds is 5. The SMILES string of the molecule is CC(O)C(Oc1cccc2[nH]ccc12)N1CC=C(c2cc3cc(Cl)ccc3s2)CC1. The quantitative estimate of drug-likeness (QED) is 0.407. The van der Waals surface area contributed by atoms with Crippen molar-refractivity contribution >= 4 is 49.5 Å². The van der Waals surface area contributed by atoms with E-state index in [9.17, 15) is 5.11 Å². The lowest BCUT2D eigenvalue weighted by molar-refractivity contribution is -0.0528. The normalized spacial score (nSPS) is 17.2. The molecule has 2 atom stereocenters. The molecule has 3 heterocycles. The number of nitrogens with zero attached hydrogens (tertiary/aromatic N) is 1. The van der Waals surface area contributed by atoms with Gasteiger partial charge in [-0.15, -0.1) is 11.3 Å². The van der Waals surface area contributed by atoms with E-state index in [1.807, 2.05) is 42.6 Å². The van der Waals surface area contributed by atoms with Crippen LogP contribution in [-0.2, 0) is 0 Å². The van der Waals surface area contributed by atoms with Crippen molar-refractivity contribution in [3.63, 3.8) is 0 Å². The lowest BCUT2D eigenvalue weighted by atomic mass is 10.1. The molecule has 6 heteroatoms. The largest absolute Gasteiger partial charge is 0.472 e. The minimum absolute atomic E-state index is 0.399. The Labute approximate surface area is 184 Å². The fraction of sp³-hybridized carbons (Fsp3) is 0.250. The topological polar surface area (TPSA) is 48.5 Å². The third-order valence-corrected chi connectivity index (χ3v) is 7.04. The summed E-state index contributed by atoms with van der Waals surface area (Å²) in [5.41, 5.74) is 2.38. The van der Waals surface area contributed by atoms with E-state index in [1.54, 1.807) is 18.3 Å². The van der Waals surface area contributed by atoms with Gasteiger partial charge in [-0.05, 0) is 66.8 Å². The number of hydrogen-bond acceptors (Lipinski definition) is 4. The van der Waals surface area contributed by atoms with E-state index >= 15 is 0 Å². The van der Waals surface area contributed by atoms with Crippen LogP contribution in [0.4, 0.5) is 0 Å². The molecule has 154 valence electrons. The summed E-state index contributed by atoms with van der Waals surface area (Å²) in [7, 11) is 0. The number of H-pyrrole nitrogens is 1. The number of aromatic amines is 1. The highest BCUT2D eigenvalue weighted by atomic mass is 35.5. The molecule has 30 heavy (non-hydrogen) atoms. The summed E-state index contributed by atoms with van der Waals surface area (Å²) < 4.78 is 7.56. The van der Waals surface area contributed by atoms with Crippen LogP contribution in [0.5, 0.6) is 5.75 Å². The van der Waals surface area contributed by atoms with E-state index in [-0.39, 0.29) is 0 Å². The number of hydrogen-bond donors (Lipinski definition) is 2. The van der Waals surface area contributed by atoms with Gasteiger partial charge in [0.05, 0.1) is 0 Å². The second kappa shape index (κ2) is 8.08. The van der Waals surface area contributed by atoms with Gasteiger partial charge in [-0.1, -0.05) is 23.7 Å². The molecule has 4 nitrogen and oxygen atoms in total. The zero-order valence-corrected chi connectivity index (χ0v) is 18.2. The second-order valence-electron chi connectivity index (χ2n) is 7.71. The summed E-state index contributed by atoms with van der Waals surface area (Å²) in [6, 6.07) is 16.2. The van der Waals surface area contributed by atoms with Crippen LogP contribution in [-0.4, -0.2) is 40.4 Å². The molecule has 2 unspecified atom stereocenters. The summed E-state index contributed by atoms with van der Waals surface area (Å²) in [6.45, 7) is 3.36. The van der Waals surface area contributed by atoms with Gasteiger partial charge in [-0.2, -0.15) is 0 Å². The Bertz CT molecular complexity index is 1230. The molecule has 1 aliphatic rings. The van der Waals surface area contributed by atoms with Crippen molar-refractivity contribution in [2.75, 3.05) is 13.1 Å². The molecule has 2 aromatic heterocycles. The zero-order valence-electron chi connectivity index (χ0n) is 16.6. The lowest BCUT2D eigenvalue weighted by Crippen LogP contribution is -2.48. The Kier molecular flexibility index (Phi) is 5.29. The molecule has 5 rings (SSSR count). The van der Waals surface area contributed by atoms with Crippen LogP contribution in [0.15, 0.2) is 60.8 Å². The van der Waals surface area contributed by atoms with Gasteiger partial charge in [0.25, 0.3) is 0 Å². The van der Waals surface area contributed by atoms with Crippen molar-refractivity contribution < 1.29 is 9.84 Å². The molecule has 1 aliphatic heterocycles. The number of halogens is 1. The summed E-state index contributed by atoms with van der Waals surface area (Å²) in [5.74, 6) is 0.788. The third kappa shape index (κ3) is 3.74. The molecular weight excluding hydrogens is 416 g/mol. The highest BCUT2D eigenvalue weighted by molar-refractivity contribution is 7.20. The maximum Gasteiger partial charge on any atom is 0.178 e. The minimum atomic E-state index is -0.611. The first kappa shape index (κ1) is 19.6. The number of nitrogens with one attached hydrogen (secondary N) is 1. The van der Waals surface area contributed by atoms with Crippen molar-refractivity contribution in [2.45, 2.75) is 25.7 Å². The monoisotopic (exact) mass is 438 g/mol. The van der Waals surface area contributed by atoms with E-state index < -0.39 is 12.3 Å². The van der Waals surface area contributed by atoms with Gasteiger partial charge in [0, 0.05) is 44.8 Å². The number of benzene rings is 2. The van der Waals surface area contributed by atoms with Crippen molar-refractivity contribution in [3.05, 3.63) is 70.7 Å². The Balaban J connectivity index is 1.36. The number of fused-ring (bicyclic) bond motifs is 2. The van der Waals surface area contributed by atoms with Crippen LogP contribution < -0.4 is 4.74 Å². The number of aromatic nitrogens is 1. The number of aliphatic hydroxyl groups is 1. The Morgan fingerprint density at radius 3 is 2.90 bits per heavy atom. The molecule has 0 radical (unpaired) electrons. The Morgan fingerprint density at radius 2 is 2.10 bits per heavy atom. The molecule has 4 aromatic rings. The first-order valence-electron chi connectivity index (χ1n) is 10.1. The molecular formula is C24H23ClN2O2S. The minimum Gasteiger partial charge on any atom is -0.472 e. The van der Waals surface area contributed by atoms with Gasteiger partial charge >= 0.3 is 0 Å². The first-order valence-corrected chi connectivity index (χ1v) is 11.3. The van der Waals surface area contributed by atoms with Gasteiger partial charge in [-0.3, -0.25) is 4.90 Å². The summed E-state index contributed by atoms with van der Waals surface area (Å²) >= 11 is 7.94. The molecule has 2 N–H and O–H groups in total. The van der Waals surface area contributed by atoms with Crippen LogP contribution >= 0.6 is 22.9 Å². The fourth-order valence-electron chi connectivity index (χ4n) is 4.08. The molecule has 0 aliphatic carbocycles. The predicted molar refractivity (Wildman–Crippen MR) is 125 cm³/mol. The summed E-state index contributed by atoms with van der Waals surface area (Å²) in [5, 5.41) is 13.4. The molecule has 0 fully saturated rings. The average molecular weight is 439 g/mol. The standard InChI is InChI=1S/C24H23ClN2O2S/c1-15(28)24(29-21-4-2-3-20-19(21)7-10-26-20)27-11-8-16(9-12-27)23-14-17-13-18(25)5-6-22(17)30-23/h2-8,10,13-15,24,26,28H,9,11-12H2,1H3. The van der Waals surface area contributed by atoms with Crippen molar-refractivity contribution in [3.8, 4) is 5.75 Å². The molecule has 0 saturated carbocycles. The van der Waals surface area contributed by atoms with Gasteiger partial charge in [-0.25, -0.2) is 0 Å². The maximum atomic E-state index is 10.4. The smallest absolute Gasteiger partial charge is 0.178 e. The highest BCUT2D eigenvalue weighted by Gasteiger charge is 2.27. The average Bonchev–Trinajstić information content (AvgIpc) is 3.39. The van der Waals surface area contributed by atoms with Crippen molar-refractivity contribution in [2.24, 2.45) is 0 Å². The van der Waals surface area contributed by atoms with E-state index in [2.05, 4.69) is 28.1 Å². The fourth-order valence-corrected chi connectivity index (χ4v) is 5.37. The first-order chi connectivity index (χ1) is 14.6.